The molecule has 0 spiro atoms. The lowest BCUT2D eigenvalue weighted by atomic mass is 10.0. The normalized spacial score (nSPS) is 16.5. The minimum absolute atomic E-state index is 0.249. The van der Waals surface area contributed by atoms with E-state index in [0.717, 1.165) is 17.7 Å². The molecule has 1 fully saturated rings. The first-order valence-corrected chi connectivity index (χ1v) is 8.31. The average Bonchev–Trinajstić information content (AvgIpc) is 2.60. The molecule has 3 rings (SSSR count). The smallest absolute Gasteiger partial charge is 0.273 e. The fraction of sp³-hybridized carbons (Fsp3) is 0.105. The summed E-state index contributed by atoms with van der Waals surface area (Å²) in [5.41, 5.74) is -0.653. The van der Waals surface area contributed by atoms with Gasteiger partial charge in [-0.25, -0.2) is 9.69 Å². The molecule has 1 aliphatic heterocycles. The largest absolute Gasteiger partial charge is 0.416 e. The lowest BCUT2D eigenvalue weighted by Crippen LogP contribution is -2.54. The highest BCUT2D eigenvalue weighted by Gasteiger charge is 2.39. The molecule has 0 bridgehead atoms. The van der Waals surface area contributed by atoms with Gasteiger partial charge in [0.2, 0.25) is 0 Å². The monoisotopic (exact) mass is 408 g/mol. The quantitative estimate of drug-likeness (QED) is 0.594. The number of benzene rings is 2. The first kappa shape index (κ1) is 19.6. The number of carbonyl (C=O) groups is 3. The van der Waals surface area contributed by atoms with E-state index in [9.17, 15) is 27.6 Å². The maximum absolute atomic E-state index is 13.0. The van der Waals surface area contributed by atoms with Gasteiger partial charge < -0.3 is 0 Å². The molecule has 2 aromatic carbocycles. The van der Waals surface area contributed by atoms with Crippen molar-refractivity contribution in [3.8, 4) is 0 Å². The summed E-state index contributed by atoms with van der Waals surface area (Å²) >= 11 is 5.93. The van der Waals surface area contributed by atoms with Crippen LogP contribution in [0, 0.1) is 6.92 Å². The van der Waals surface area contributed by atoms with Crippen molar-refractivity contribution in [2.75, 3.05) is 4.90 Å². The zero-order chi connectivity index (χ0) is 20.6. The Balaban J connectivity index is 2.10. The van der Waals surface area contributed by atoms with Crippen LogP contribution >= 0.6 is 11.6 Å². The van der Waals surface area contributed by atoms with Crippen LogP contribution in [0.2, 0.25) is 5.02 Å². The minimum Gasteiger partial charge on any atom is -0.273 e. The predicted octanol–water partition coefficient (Wildman–Crippen LogP) is 4.33. The van der Waals surface area contributed by atoms with Gasteiger partial charge in [0.25, 0.3) is 11.8 Å². The summed E-state index contributed by atoms with van der Waals surface area (Å²) in [7, 11) is 0. The van der Waals surface area contributed by atoms with Gasteiger partial charge in [-0.3, -0.25) is 14.9 Å². The van der Waals surface area contributed by atoms with E-state index < -0.39 is 40.8 Å². The molecule has 5 nitrogen and oxygen atoms in total. The van der Waals surface area contributed by atoms with Crippen molar-refractivity contribution in [1.82, 2.24) is 5.32 Å². The van der Waals surface area contributed by atoms with E-state index in [1.807, 2.05) is 5.32 Å². The third-order valence-corrected chi connectivity index (χ3v) is 4.42. The Morgan fingerprint density at radius 2 is 1.75 bits per heavy atom. The molecule has 144 valence electrons. The maximum atomic E-state index is 13.0. The van der Waals surface area contributed by atoms with Crippen LogP contribution in [0.1, 0.15) is 16.7 Å². The number of nitrogens with one attached hydrogen (secondary N) is 1. The second kappa shape index (κ2) is 7.12. The highest BCUT2D eigenvalue weighted by atomic mass is 35.5. The van der Waals surface area contributed by atoms with Crippen LogP contribution in [0.5, 0.6) is 0 Å². The van der Waals surface area contributed by atoms with Gasteiger partial charge in [0.15, 0.2) is 0 Å². The molecule has 1 heterocycles. The fourth-order valence-corrected chi connectivity index (χ4v) is 2.84. The first-order chi connectivity index (χ1) is 13.1. The Kier molecular flexibility index (Phi) is 4.99. The number of imide groups is 2. The van der Waals surface area contributed by atoms with Crippen molar-refractivity contribution in [2.24, 2.45) is 0 Å². The third kappa shape index (κ3) is 3.63. The molecule has 0 saturated carbocycles. The van der Waals surface area contributed by atoms with Crippen molar-refractivity contribution < 1.29 is 27.6 Å². The van der Waals surface area contributed by atoms with Gasteiger partial charge in [0.05, 0.1) is 16.3 Å². The van der Waals surface area contributed by atoms with Gasteiger partial charge in [-0.2, -0.15) is 13.2 Å². The van der Waals surface area contributed by atoms with Crippen LogP contribution in [0.3, 0.4) is 0 Å². The van der Waals surface area contributed by atoms with Crippen LogP contribution in [0.15, 0.2) is 48.0 Å². The zero-order valence-electron chi connectivity index (χ0n) is 14.3. The number of rotatable bonds is 2. The molecule has 0 radical (unpaired) electrons. The minimum atomic E-state index is -4.70. The van der Waals surface area contributed by atoms with Crippen LogP contribution in [-0.2, 0) is 15.8 Å². The van der Waals surface area contributed by atoms with Gasteiger partial charge in [0.1, 0.15) is 5.57 Å². The molecule has 0 atom stereocenters. The molecule has 1 aliphatic rings. The van der Waals surface area contributed by atoms with Gasteiger partial charge in [-0.1, -0.05) is 35.9 Å². The fourth-order valence-electron chi connectivity index (χ4n) is 2.64. The SMILES string of the molecule is Cc1ccccc1/C=C1\C(=O)NC(=O)N(c2cc(C(F)(F)F)ccc2Cl)C1=O. The summed E-state index contributed by atoms with van der Waals surface area (Å²) in [4.78, 5) is 37.6. The van der Waals surface area contributed by atoms with Crippen LogP contribution in [-0.4, -0.2) is 17.8 Å². The van der Waals surface area contributed by atoms with Crippen molar-refractivity contribution in [3.63, 3.8) is 0 Å². The summed E-state index contributed by atoms with van der Waals surface area (Å²) in [6.45, 7) is 1.75. The second-order valence-electron chi connectivity index (χ2n) is 5.98. The lowest BCUT2D eigenvalue weighted by Gasteiger charge is -2.27. The summed E-state index contributed by atoms with van der Waals surface area (Å²) in [5.74, 6) is -2.02. The number of urea groups is 1. The Bertz CT molecular complexity index is 1030. The number of alkyl halides is 3. The summed E-state index contributed by atoms with van der Waals surface area (Å²) < 4.78 is 39.1. The highest BCUT2D eigenvalue weighted by molar-refractivity contribution is 6.42. The van der Waals surface area contributed by atoms with Crippen molar-refractivity contribution >= 4 is 41.2 Å². The van der Waals surface area contributed by atoms with Gasteiger partial charge in [-0.05, 0) is 42.3 Å². The summed E-state index contributed by atoms with van der Waals surface area (Å²) in [6, 6.07) is 7.93. The molecule has 0 unspecified atom stereocenters. The number of carbonyl (C=O) groups excluding carboxylic acids is 3. The van der Waals surface area contributed by atoms with E-state index in [4.69, 9.17) is 11.6 Å². The van der Waals surface area contributed by atoms with E-state index >= 15 is 0 Å². The standard InChI is InChI=1S/C19H12ClF3N2O3/c1-10-4-2-3-5-11(10)8-13-16(26)24-18(28)25(17(13)27)15-9-12(19(21,22)23)6-7-14(15)20/h2-9H,1H3,(H,24,26,28)/b13-8+. The molecular formula is C19H12ClF3N2O3. The molecule has 1 saturated heterocycles. The van der Waals surface area contributed by atoms with E-state index in [1.54, 1.807) is 31.2 Å². The molecule has 4 amide bonds. The first-order valence-electron chi connectivity index (χ1n) is 7.93. The molecule has 9 heteroatoms. The van der Waals surface area contributed by atoms with Crippen LogP contribution in [0.4, 0.5) is 23.7 Å². The van der Waals surface area contributed by atoms with Gasteiger partial charge >= 0.3 is 12.2 Å². The van der Waals surface area contributed by atoms with Gasteiger partial charge in [-0.15, -0.1) is 0 Å². The molecule has 28 heavy (non-hydrogen) atoms. The number of aryl methyl sites for hydroxylation is 1. The Morgan fingerprint density at radius 3 is 2.39 bits per heavy atom. The lowest BCUT2D eigenvalue weighted by molar-refractivity contribution is -0.137. The van der Waals surface area contributed by atoms with Crippen LogP contribution < -0.4 is 10.2 Å². The van der Waals surface area contributed by atoms with E-state index in [1.165, 1.54) is 6.08 Å². The second-order valence-corrected chi connectivity index (χ2v) is 6.39. The summed E-state index contributed by atoms with van der Waals surface area (Å²) in [5, 5.41) is 1.70. The van der Waals surface area contributed by atoms with Crippen molar-refractivity contribution in [3.05, 3.63) is 69.8 Å². The number of hydrogen-bond acceptors (Lipinski definition) is 3. The number of amides is 4. The predicted molar refractivity (Wildman–Crippen MR) is 96.6 cm³/mol. The molecular weight excluding hydrogens is 397 g/mol. The Morgan fingerprint density at radius 1 is 1.07 bits per heavy atom. The number of halogens is 4. The molecule has 0 aromatic heterocycles. The third-order valence-electron chi connectivity index (χ3n) is 4.10. The van der Waals surface area contributed by atoms with Crippen molar-refractivity contribution in [1.29, 1.82) is 0 Å². The average molecular weight is 409 g/mol. The number of nitrogens with zero attached hydrogens (tertiary/aromatic N) is 1. The highest BCUT2D eigenvalue weighted by Crippen LogP contribution is 2.36. The molecule has 2 aromatic rings. The van der Waals surface area contributed by atoms with E-state index in [2.05, 4.69) is 0 Å². The topological polar surface area (TPSA) is 66.5 Å². The Hall–Kier alpha value is -3.13. The van der Waals surface area contributed by atoms with Crippen molar-refractivity contribution in [2.45, 2.75) is 13.1 Å². The molecule has 1 N–H and O–H groups in total. The van der Waals surface area contributed by atoms with Gasteiger partial charge in [0, 0.05) is 0 Å². The Labute approximate surface area is 162 Å². The van der Waals surface area contributed by atoms with Crippen LogP contribution in [0.25, 0.3) is 6.08 Å². The van der Waals surface area contributed by atoms with E-state index in [0.29, 0.717) is 16.5 Å². The number of barbiturate groups is 1. The number of hydrogen-bond donors (Lipinski definition) is 1. The zero-order valence-corrected chi connectivity index (χ0v) is 15.1. The number of anilines is 1. The molecule has 0 aliphatic carbocycles. The maximum Gasteiger partial charge on any atom is 0.416 e. The summed E-state index contributed by atoms with van der Waals surface area (Å²) in [6.07, 6.45) is -3.43. The van der Waals surface area contributed by atoms with E-state index in [-0.39, 0.29) is 5.02 Å².